The van der Waals surface area contributed by atoms with Crippen LogP contribution >= 0.6 is 0 Å². The SMILES string of the molecule is CC(=O)OCc1ccc(N=Nc2ccc(O)c(C(C)=O)c2)cc1. The molecule has 0 aliphatic carbocycles. The second-order valence-corrected chi connectivity index (χ2v) is 4.90. The van der Waals surface area contributed by atoms with Gasteiger partial charge in [0, 0.05) is 6.92 Å². The number of azo groups is 1. The molecule has 0 saturated heterocycles. The van der Waals surface area contributed by atoms with Crippen LogP contribution in [0.1, 0.15) is 29.8 Å². The highest BCUT2D eigenvalue weighted by Gasteiger charge is 2.07. The minimum Gasteiger partial charge on any atom is -0.507 e. The summed E-state index contributed by atoms with van der Waals surface area (Å²) in [5, 5.41) is 17.7. The summed E-state index contributed by atoms with van der Waals surface area (Å²) >= 11 is 0. The van der Waals surface area contributed by atoms with E-state index in [0.717, 1.165) is 5.56 Å². The maximum Gasteiger partial charge on any atom is 0.302 e. The van der Waals surface area contributed by atoms with Crippen LogP contribution < -0.4 is 0 Å². The Morgan fingerprint density at radius 2 is 1.61 bits per heavy atom. The van der Waals surface area contributed by atoms with Crippen molar-refractivity contribution in [1.29, 1.82) is 0 Å². The highest BCUT2D eigenvalue weighted by molar-refractivity contribution is 5.97. The molecule has 0 radical (unpaired) electrons. The zero-order chi connectivity index (χ0) is 16.8. The van der Waals surface area contributed by atoms with Crippen molar-refractivity contribution in [3.8, 4) is 5.75 Å². The van der Waals surface area contributed by atoms with Crippen molar-refractivity contribution >= 4 is 23.1 Å². The van der Waals surface area contributed by atoms with Gasteiger partial charge in [0.25, 0.3) is 0 Å². The number of aromatic hydroxyl groups is 1. The van der Waals surface area contributed by atoms with Crippen molar-refractivity contribution in [2.45, 2.75) is 20.5 Å². The third kappa shape index (κ3) is 4.74. The second-order valence-electron chi connectivity index (χ2n) is 4.90. The Balaban J connectivity index is 2.09. The van der Waals surface area contributed by atoms with Crippen LogP contribution in [0, 0.1) is 0 Å². The minimum atomic E-state index is -0.331. The smallest absolute Gasteiger partial charge is 0.302 e. The summed E-state index contributed by atoms with van der Waals surface area (Å²) in [5.41, 5.74) is 2.15. The summed E-state index contributed by atoms with van der Waals surface area (Å²) in [5.74, 6) is -0.650. The number of ketones is 1. The molecule has 6 heteroatoms. The fraction of sp³-hybridized carbons (Fsp3) is 0.176. The fourth-order valence-electron chi connectivity index (χ4n) is 1.83. The molecule has 23 heavy (non-hydrogen) atoms. The number of nitrogens with zero attached hydrogens (tertiary/aromatic N) is 2. The Hall–Kier alpha value is -3.02. The molecule has 0 aliphatic rings. The Morgan fingerprint density at radius 1 is 1.00 bits per heavy atom. The topological polar surface area (TPSA) is 88.3 Å². The van der Waals surface area contributed by atoms with Gasteiger partial charge in [-0.05, 0) is 42.8 Å². The largest absolute Gasteiger partial charge is 0.507 e. The van der Waals surface area contributed by atoms with Crippen LogP contribution in [0.25, 0.3) is 0 Å². The van der Waals surface area contributed by atoms with E-state index in [-0.39, 0.29) is 29.7 Å². The molecule has 6 nitrogen and oxygen atoms in total. The standard InChI is InChI=1S/C17H16N2O4/c1-11(20)16-9-15(7-8-17(16)22)19-18-14-5-3-13(4-6-14)10-23-12(2)21/h3-9,22H,10H2,1-2H3. The predicted molar refractivity (Wildman–Crippen MR) is 84.2 cm³/mol. The van der Waals surface area contributed by atoms with E-state index in [9.17, 15) is 14.7 Å². The lowest BCUT2D eigenvalue weighted by atomic mass is 10.1. The number of hydrogen-bond donors (Lipinski definition) is 1. The van der Waals surface area contributed by atoms with Gasteiger partial charge in [-0.2, -0.15) is 10.2 Å². The van der Waals surface area contributed by atoms with Crippen molar-refractivity contribution in [2.75, 3.05) is 0 Å². The molecule has 0 heterocycles. The molecule has 118 valence electrons. The summed E-state index contributed by atoms with van der Waals surface area (Å²) in [6, 6.07) is 11.5. The van der Waals surface area contributed by atoms with Gasteiger partial charge in [0.1, 0.15) is 12.4 Å². The number of rotatable bonds is 5. The zero-order valence-electron chi connectivity index (χ0n) is 12.8. The minimum absolute atomic E-state index is 0.0775. The lowest BCUT2D eigenvalue weighted by molar-refractivity contribution is -0.142. The number of esters is 1. The van der Waals surface area contributed by atoms with Crippen LogP contribution in [0.15, 0.2) is 52.7 Å². The molecule has 1 N–H and O–H groups in total. The average Bonchev–Trinajstić information content (AvgIpc) is 2.52. The predicted octanol–water partition coefficient (Wildman–Crippen LogP) is 4.07. The first kappa shape index (κ1) is 16.4. The van der Waals surface area contributed by atoms with Crippen molar-refractivity contribution in [2.24, 2.45) is 10.2 Å². The van der Waals surface area contributed by atoms with Gasteiger partial charge in [-0.1, -0.05) is 12.1 Å². The molecular formula is C17H16N2O4. The molecule has 0 fully saturated rings. The number of benzene rings is 2. The molecular weight excluding hydrogens is 296 g/mol. The number of carbonyl (C=O) groups excluding carboxylic acids is 2. The Kier molecular flexibility index (Phi) is 5.19. The van der Waals surface area contributed by atoms with Gasteiger partial charge in [-0.3, -0.25) is 9.59 Å². The zero-order valence-corrected chi connectivity index (χ0v) is 12.8. The molecule has 2 rings (SSSR count). The van der Waals surface area contributed by atoms with E-state index < -0.39 is 0 Å². The monoisotopic (exact) mass is 312 g/mol. The van der Waals surface area contributed by atoms with E-state index in [2.05, 4.69) is 10.2 Å². The number of hydrogen-bond acceptors (Lipinski definition) is 6. The van der Waals surface area contributed by atoms with Crippen LogP contribution in [0.5, 0.6) is 5.75 Å². The van der Waals surface area contributed by atoms with Crippen LogP contribution in [0.4, 0.5) is 11.4 Å². The third-order valence-electron chi connectivity index (χ3n) is 3.02. The van der Waals surface area contributed by atoms with E-state index >= 15 is 0 Å². The second kappa shape index (κ2) is 7.31. The number of phenolic OH excluding ortho intramolecular Hbond substituents is 1. The highest BCUT2D eigenvalue weighted by atomic mass is 16.5. The molecule has 0 saturated carbocycles. The molecule has 2 aromatic rings. The summed E-state index contributed by atoms with van der Waals surface area (Å²) in [6.45, 7) is 2.94. The lowest BCUT2D eigenvalue weighted by Crippen LogP contribution is -1.98. The first-order chi connectivity index (χ1) is 11.0. The van der Waals surface area contributed by atoms with Gasteiger partial charge in [-0.15, -0.1) is 0 Å². The Bertz CT molecular complexity index is 752. The maximum absolute atomic E-state index is 11.4. The maximum atomic E-state index is 11.4. The van der Waals surface area contributed by atoms with E-state index in [4.69, 9.17) is 4.74 Å². The van der Waals surface area contributed by atoms with Gasteiger partial charge in [0.2, 0.25) is 0 Å². The van der Waals surface area contributed by atoms with Crippen LogP contribution in [-0.4, -0.2) is 16.9 Å². The quantitative estimate of drug-likeness (QED) is 0.512. The van der Waals surface area contributed by atoms with Crippen molar-refractivity contribution in [3.05, 3.63) is 53.6 Å². The van der Waals surface area contributed by atoms with Gasteiger partial charge >= 0.3 is 5.97 Å². The van der Waals surface area contributed by atoms with Crippen LogP contribution in [-0.2, 0) is 16.1 Å². The summed E-state index contributed by atoms with van der Waals surface area (Å²) < 4.78 is 4.90. The van der Waals surface area contributed by atoms with Crippen molar-refractivity contribution in [3.63, 3.8) is 0 Å². The van der Waals surface area contributed by atoms with Crippen LogP contribution in [0.2, 0.25) is 0 Å². The first-order valence-electron chi connectivity index (χ1n) is 6.93. The normalized spacial score (nSPS) is 10.7. The molecule has 0 aromatic heterocycles. The molecule has 0 spiro atoms. The summed E-state index contributed by atoms with van der Waals surface area (Å²) in [7, 11) is 0. The van der Waals surface area contributed by atoms with E-state index in [1.54, 1.807) is 30.3 Å². The average molecular weight is 312 g/mol. The third-order valence-corrected chi connectivity index (χ3v) is 3.02. The first-order valence-corrected chi connectivity index (χ1v) is 6.93. The summed E-state index contributed by atoms with van der Waals surface area (Å²) in [4.78, 5) is 22.1. The molecule has 0 atom stereocenters. The molecule has 0 amide bonds. The van der Waals surface area contributed by atoms with E-state index in [0.29, 0.717) is 11.4 Å². The van der Waals surface area contributed by atoms with E-state index in [1.807, 2.05) is 0 Å². The molecule has 2 aromatic carbocycles. The lowest BCUT2D eigenvalue weighted by Gasteiger charge is -2.02. The fourth-order valence-corrected chi connectivity index (χ4v) is 1.83. The number of phenols is 1. The number of Topliss-reactive ketones (excluding diaryl/α,β-unsaturated/α-hetero) is 1. The molecule has 0 aliphatic heterocycles. The number of ether oxygens (including phenoxy) is 1. The Labute approximate surface area is 133 Å². The van der Waals surface area contributed by atoms with E-state index in [1.165, 1.54) is 26.0 Å². The van der Waals surface area contributed by atoms with Crippen molar-refractivity contribution in [1.82, 2.24) is 0 Å². The molecule has 0 unspecified atom stereocenters. The highest BCUT2D eigenvalue weighted by Crippen LogP contribution is 2.25. The van der Waals surface area contributed by atoms with Crippen LogP contribution in [0.3, 0.4) is 0 Å². The molecule has 0 bridgehead atoms. The van der Waals surface area contributed by atoms with Gasteiger partial charge in [0.05, 0.1) is 16.9 Å². The van der Waals surface area contributed by atoms with Crippen molar-refractivity contribution < 1.29 is 19.4 Å². The number of carbonyl (C=O) groups is 2. The Morgan fingerprint density at radius 3 is 2.22 bits per heavy atom. The van der Waals surface area contributed by atoms with Gasteiger partial charge in [0.15, 0.2) is 5.78 Å². The summed E-state index contributed by atoms with van der Waals surface area (Å²) in [6.07, 6.45) is 0. The van der Waals surface area contributed by atoms with Gasteiger partial charge < -0.3 is 9.84 Å². The van der Waals surface area contributed by atoms with Gasteiger partial charge in [-0.25, -0.2) is 0 Å².